The summed E-state index contributed by atoms with van der Waals surface area (Å²) < 4.78 is 10.8. The molecule has 0 saturated heterocycles. The molecule has 3 rings (SSSR count). The van der Waals surface area contributed by atoms with Crippen molar-refractivity contribution >= 4 is 23.2 Å². The Morgan fingerprint density at radius 1 is 0.909 bits per heavy atom. The molecule has 0 radical (unpaired) electrons. The molecule has 0 saturated carbocycles. The van der Waals surface area contributed by atoms with Gasteiger partial charge < -0.3 is 9.47 Å². The number of aromatic nitrogens is 1. The molecule has 0 bridgehead atoms. The maximum atomic E-state index is 5.40. The molecule has 0 fully saturated rings. The van der Waals surface area contributed by atoms with Crippen LogP contribution in [-0.2, 0) is 6.42 Å². The second-order valence-corrected chi connectivity index (χ2v) is 4.85. The van der Waals surface area contributed by atoms with Gasteiger partial charge in [-0.2, -0.15) is 0 Å². The van der Waals surface area contributed by atoms with Gasteiger partial charge >= 0.3 is 0 Å². The largest absolute Gasteiger partial charge is 0.493 e. The number of rotatable bonds is 4. The van der Waals surface area contributed by atoms with E-state index in [1.54, 1.807) is 14.2 Å². The Kier molecular flexibility index (Phi) is 5.23. The van der Waals surface area contributed by atoms with Gasteiger partial charge in [0.05, 0.1) is 19.9 Å². The lowest BCUT2D eigenvalue weighted by atomic mass is 10.0. The summed E-state index contributed by atoms with van der Waals surface area (Å²) in [6, 6.07) is 16.3. The van der Waals surface area contributed by atoms with E-state index >= 15 is 0 Å². The Morgan fingerprint density at radius 2 is 1.59 bits per heavy atom. The first-order chi connectivity index (χ1) is 10.3. The van der Waals surface area contributed by atoms with Crippen LogP contribution in [0.2, 0.25) is 0 Å². The number of hydrogen-bond donors (Lipinski definition) is 0. The maximum absolute atomic E-state index is 5.40. The molecule has 0 amide bonds. The molecule has 3 nitrogen and oxygen atoms in total. The van der Waals surface area contributed by atoms with Gasteiger partial charge in [-0.05, 0) is 29.1 Å². The van der Waals surface area contributed by atoms with E-state index in [0.29, 0.717) is 0 Å². The van der Waals surface area contributed by atoms with Crippen molar-refractivity contribution in [1.82, 2.24) is 4.98 Å². The molecule has 114 valence electrons. The average Bonchev–Trinajstić information content (AvgIpc) is 2.55. The van der Waals surface area contributed by atoms with Gasteiger partial charge in [0.25, 0.3) is 0 Å². The van der Waals surface area contributed by atoms with Crippen LogP contribution in [0.15, 0.2) is 54.7 Å². The number of halogens is 1. The van der Waals surface area contributed by atoms with Crippen molar-refractivity contribution in [2.45, 2.75) is 6.42 Å². The van der Waals surface area contributed by atoms with E-state index in [9.17, 15) is 0 Å². The van der Waals surface area contributed by atoms with Crippen molar-refractivity contribution in [2.24, 2.45) is 0 Å². The number of ether oxygens (including phenoxy) is 2. The zero-order chi connectivity index (χ0) is 14.7. The standard InChI is InChI=1S/C18H17NO2.ClH/c1-20-17-11-14-8-9-19-16(15(14)12-18(17)21-2)10-13-6-4-3-5-7-13;/h3-9,11-12H,10H2,1-2H3;1H. The first kappa shape index (κ1) is 16.1. The number of fused-ring (bicyclic) bond motifs is 1. The smallest absolute Gasteiger partial charge is 0.161 e. The number of nitrogens with zero attached hydrogens (tertiary/aromatic N) is 1. The molecule has 0 N–H and O–H groups in total. The topological polar surface area (TPSA) is 31.4 Å². The second-order valence-electron chi connectivity index (χ2n) is 4.85. The van der Waals surface area contributed by atoms with Crippen LogP contribution >= 0.6 is 12.4 Å². The molecule has 0 atom stereocenters. The summed E-state index contributed by atoms with van der Waals surface area (Å²) in [5.41, 5.74) is 2.28. The Bertz CT molecular complexity index is 760. The SMILES string of the molecule is COc1cc2ccnc(Cc3ccccc3)c2cc1OC.Cl. The van der Waals surface area contributed by atoms with Crippen LogP contribution < -0.4 is 9.47 Å². The van der Waals surface area contributed by atoms with Crippen LogP contribution in [0.1, 0.15) is 11.3 Å². The fourth-order valence-corrected chi connectivity index (χ4v) is 2.49. The summed E-state index contributed by atoms with van der Waals surface area (Å²) in [5.74, 6) is 1.47. The molecular weight excluding hydrogens is 298 g/mol. The van der Waals surface area contributed by atoms with Gasteiger partial charge in [-0.3, -0.25) is 4.98 Å². The number of benzene rings is 2. The van der Waals surface area contributed by atoms with Crippen molar-refractivity contribution in [3.8, 4) is 11.5 Å². The molecule has 0 spiro atoms. The highest BCUT2D eigenvalue weighted by molar-refractivity contribution is 5.88. The molecule has 0 unspecified atom stereocenters. The van der Waals surface area contributed by atoms with Gasteiger partial charge in [-0.1, -0.05) is 30.3 Å². The summed E-state index contributed by atoms with van der Waals surface area (Å²) in [6.07, 6.45) is 2.64. The van der Waals surface area contributed by atoms with Crippen molar-refractivity contribution < 1.29 is 9.47 Å². The predicted molar refractivity (Wildman–Crippen MR) is 91.3 cm³/mol. The molecule has 0 aliphatic carbocycles. The highest BCUT2D eigenvalue weighted by Gasteiger charge is 2.10. The van der Waals surface area contributed by atoms with Gasteiger partial charge in [-0.25, -0.2) is 0 Å². The maximum Gasteiger partial charge on any atom is 0.161 e. The van der Waals surface area contributed by atoms with E-state index in [1.165, 1.54) is 5.56 Å². The van der Waals surface area contributed by atoms with Crippen LogP contribution in [0.3, 0.4) is 0 Å². The summed E-state index contributed by atoms with van der Waals surface area (Å²) in [4.78, 5) is 4.54. The molecule has 22 heavy (non-hydrogen) atoms. The van der Waals surface area contributed by atoms with E-state index in [2.05, 4.69) is 17.1 Å². The average molecular weight is 316 g/mol. The molecule has 3 aromatic rings. The van der Waals surface area contributed by atoms with Crippen molar-refractivity contribution in [3.63, 3.8) is 0 Å². The fraction of sp³-hybridized carbons (Fsp3) is 0.167. The highest BCUT2D eigenvalue weighted by Crippen LogP contribution is 2.33. The lowest BCUT2D eigenvalue weighted by molar-refractivity contribution is 0.356. The minimum absolute atomic E-state index is 0. The Labute approximate surface area is 136 Å². The van der Waals surface area contributed by atoms with Crippen LogP contribution in [-0.4, -0.2) is 19.2 Å². The summed E-state index contributed by atoms with van der Waals surface area (Å²) in [5, 5.41) is 2.20. The van der Waals surface area contributed by atoms with Gasteiger partial charge in [0.2, 0.25) is 0 Å². The van der Waals surface area contributed by atoms with Gasteiger partial charge in [0.1, 0.15) is 0 Å². The molecule has 4 heteroatoms. The van der Waals surface area contributed by atoms with Crippen LogP contribution in [0.4, 0.5) is 0 Å². The van der Waals surface area contributed by atoms with Crippen LogP contribution in [0.5, 0.6) is 11.5 Å². The number of methoxy groups -OCH3 is 2. The van der Waals surface area contributed by atoms with Gasteiger partial charge in [-0.15, -0.1) is 12.4 Å². The van der Waals surface area contributed by atoms with E-state index in [0.717, 1.165) is 34.4 Å². The zero-order valence-corrected chi connectivity index (χ0v) is 13.4. The monoisotopic (exact) mass is 315 g/mol. The predicted octanol–water partition coefficient (Wildman–Crippen LogP) is 4.26. The third-order valence-electron chi connectivity index (χ3n) is 3.57. The van der Waals surface area contributed by atoms with E-state index in [1.807, 2.05) is 42.6 Å². The van der Waals surface area contributed by atoms with Crippen molar-refractivity contribution in [3.05, 3.63) is 66.0 Å². The summed E-state index contributed by atoms with van der Waals surface area (Å²) in [6.45, 7) is 0. The van der Waals surface area contributed by atoms with E-state index in [4.69, 9.17) is 9.47 Å². The van der Waals surface area contributed by atoms with E-state index < -0.39 is 0 Å². The zero-order valence-electron chi connectivity index (χ0n) is 12.6. The Morgan fingerprint density at radius 3 is 2.27 bits per heavy atom. The normalized spacial score (nSPS) is 10.1. The minimum Gasteiger partial charge on any atom is -0.493 e. The number of hydrogen-bond acceptors (Lipinski definition) is 3. The quantitative estimate of drug-likeness (QED) is 0.720. The Balaban J connectivity index is 0.00000176. The highest BCUT2D eigenvalue weighted by atomic mass is 35.5. The van der Waals surface area contributed by atoms with Crippen LogP contribution in [0.25, 0.3) is 10.8 Å². The first-order valence-electron chi connectivity index (χ1n) is 6.85. The van der Waals surface area contributed by atoms with Gasteiger partial charge in [0.15, 0.2) is 11.5 Å². The second kappa shape index (κ2) is 7.14. The number of pyridine rings is 1. The lowest BCUT2D eigenvalue weighted by Gasteiger charge is -2.11. The van der Waals surface area contributed by atoms with Crippen LogP contribution in [0, 0.1) is 0 Å². The molecule has 0 aliphatic rings. The lowest BCUT2D eigenvalue weighted by Crippen LogP contribution is -1.96. The summed E-state index contributed by atoms with van der Waals surface area (Å²) >= 11 is 0. The molecule has 1 heterocycles. The minimum atomic E-state index is 0. The third kappa shape index (κ3) is 3.15. The molecular formula is C18H18ClNO2. The molecule has 0 aliphatic heterocycles. The molecule has 1 aromatic heterocycles. The Hall–Kier alpha value is -2.26. The fourth-order valence-electron chi connectivity index (χ4n) is 2.49. The van der Waals surface area contributed by atoms with Crippen molar-refractivity contribution in [1.29, 1.82) is 0 Å². The van der Waals surface area contributed by atoms with Gasteiger partial charge in [0, 0.05) is 18.0 Å². The third-order valence-corrected chi connectivity index (χ3v) is 3.57. The summed E-state index contributed by atoms with van der Waals surface area (Å²) in [7, 11) is 3.30. The first-order valence-corrected chi connectivity index (χ1v) is 6.85. The molecule has 2 aromatic carbocycles. The van der Waals surface area contributed by atoms with Crippen molar-refractivity contribution in [2.75, 3.05) is 14.2 Å². The van der Waals surface area contributed by atoms with E-state index in [-0.39, 0.29) is 12.4 Å².